The van der Waals surface area contributed by atoms with E-state index in [0.717, 1.165) is 24.0 Å². The number of para-hydroxylation sites is 1. The number of rotatable bonds is 1. The molecule has 0 radical (unpaired) electrons. The largest absolute Gasteiger partial charge is 0.348 e. The Morgan fingerprint density at radius 1 is 1.28 bits per heavy atom. The van der Waals surface area contributed by atoms with Crippen LogP contribution in [-0.4, -0.2) is 30.7 Å². The number of anilines is 1. The molecule has 4 rings (SSSR count). The van der Waals surface area contributed by atoms with Crippen molar-refractivity contribution in [1.29, 1.82) is 0 Å². The van der Waals surface area contributed by atoms with Crippen LogP contribution in [0.25, 0.3) is 10.2 Å². The Balaban J connectivity index is 1.62. The Bertz CT molecular complexity index is 532. The van der Waals surface area contributed by atoms with Gasteiger partial charge in [0.1, 0.15) is 0 Å². The van der Waals surface area contributed by atoms with E-state index in [9.17, 15) is 0 Å². The molecule has 1 aromatic heterocycles. The van der Waals surface area contributed by atoms with Crippen LogP contribution < -0.4 is 10.2 Å². The van der Waals surface area contributed by atoms with Crippen molar-refractivity contribution in [2.45, 2.75) is 18.9 Å². The van der Waals surface area contributed by atoms with Crippen LogP contribution in [0.2, 0.25) is 0 Å². The number of thiazole rings is 1. The molecule has 2 unspecified atom stereocenters. The van der Waals surface area contributed by atoms with Crippen molar-refractivity contribution >= 4 is 26.7 Å². The highest BCUT2D eigenvalue weighted by Crippen LogP contribution is 2.33. The van der Waals surface area contributed by atoms with Gasteiger partial charge in [0.2, 0.25) is 0 Å². The van der Waals surface area contributed by atoms with E-state index in [2.05, 4.69) is 34.5 Å². The zero-order valence-electron chi connectivity index (χ0n) is 10.3. The van der Waals surface area contributed by atoms with Gasteiger partial charge in [-0.1, -0.05) is 23.5 Å². The molecule has 94 valence electrons. The monoisotopic (exact) mass is 259 g/mol. The average molecular weight is 259 g/mol. The first-order valence-corrected chi connectivity index (χ1v) is 7.56. The standard InChI is InChI=1S/C14H17N3S/c1-2-4-13-12(3-1)16-14(18-13)17-8-6-11-10(9-17)5-7-15-11/h1-4,10-11,15H,5-9H2. The van der Waals surface area contributed by atoms with E-state index in [-0.39, 0.29) is 0 Å². The summed E-state index contributed by atoms with van der Waals surface area (Å²) < 4.78 is 1.30. The molecular formula is C14H17N3S. The van der Waals surface area contributed by atoms with Gasteiger partial charge < -0.3 is 10.2 Å². The van der Waals surface area contributed by atoms with Gasteiger partial charge in [0.25, 0.3) is 0 Å². The molecule has 2 fully saturated rings. The number of nitrogens with one attached hydrogen (secondary N) is 1. The highest BCUT2D eigenvalue weighted by atomic mass is 32.1. The van der Waals surface area contributed by atoms with Crippen molar-refractivity contribution in [1.82, 2.24) is 10.3 Å². The lowest BCUT2D eigenvalue weighted by Crippen LogP contribution is -2.44. The van der Waals surface area contributed by atoms with Crippen molar-refractivity contribution in [3.8, 4) is 0 Å². The predicted octanol–water partition coefficient (Wildman–Crippen LogP) is 2.48. The number of hydrogen-bond donors (Lipinski definition) is 1. The molecule has 2 saturated heterocycles. The summed E-state index contributed by atoms with van der Waals surface area (Å²) >= 11 is 1.83. The number of benzene rings is 1. The fourth-order valence-corrected chi connectivity index (χ4v) is 4.22. The summed E-state index contributed by atoms with van der Waals surface area (Å²) in [6.45, 7) is 3.52. The van der Waals surface area contributed by atoms with Crippen molar-refractivity contribution in [3.05, 3.63) is 24.3 Å². The summed E-state index contributed by atoms with van der Waals surface area (Å²) in [5.41, 5.74) is 1.14. The molecule has 2 aliphatic heterocycles. The molecule has 0 amide bonds. The van der Waals surface area contributed by atoms with Gasteiger partial charge in [-0.05, 0) is 37.4 Å². The van der Waals surface area contributed by atoms with Crippen LogP contribution in [0.1, 0.15) is 12.8 Å². The summed E-state index contributed by atoms with van der Waals surface area (Å²) in [7, 11) is 0. The van der Waals surface area contributed by atoms with Crippen molar-refractivity contribution in [2.75, 3.05) is 24.5 Å². The van der Waals surface area contributed by atoms with Gasteiger partial charge in [0.15, 0.2) is 5.13 Å². The second kappa shape index (κ2) is 4.21. The zero-order valence-corrected chi connectivity index (χ0v) is 11.1. The third kappa shape index (κ3) is 1.71. The Morgan fingerprint density at radius 2 is 2.22 bits per heavy atom. The van der Waals surface area contributed by atoms with E-state index in [1.54, 1.807) is 0 Å². The molecule has 1 aromatic carbocycles. The number of fused-ring (bicyclic) bond motifs is 2. The first-order chi connectivity index (χ1) is 8.90. The number of piperidine rings is 1. The van der Waals surface area contributed by atoms with Gasteiger partial charge in [-0.25, -0.2) is 4.98 Å². The Labute approximate surface area is 111 Å². The van der Waals surface area contributed by atoms with Crippen molar-refractivity contribution < 1.29 is 0 Å². The maximum Gasteiger partial charge on any atom is 0.186 e. The number of aromatic nitrogens is 1. The van der Waals surface area contributed by atoms with Crippen molar-refractivity contribution in [3.63, 3.8) is 0 Å². The molecule has 3 heterocycles. The summed E-state index contributed by atoms with van der Waals surface area (Å²) in [6, 6.07) is 9.20. The Morgan fingerprint density at radius 3 is 3.17 bits per heavy atom. The summed E-state index contributed by atoms with van der Waals surface area (Å²) in [5.74, 6) is 0.825. The molecule has 2 atom stereocenters. The van der Waals surface area contributed by atoms with Crippen LogP contribution in [0.4, 0.5) is 5.13 Å². The van der Waals surface area contributed by atoms with Gasteiger partial charge >= 0.3 is 0 Å². The maximum absolute atomic E-state index is 4.77. The lowest BCUT2D eigenvalue weighted by atomic mass is 9.94. The minimum atomic E-state index is 0.760. The SMILES string of the molecule is c1ccc2sc(N3CCC4NCCC4C3)nc2c1. The third-order valence-corrected chi connectivity index (χ3v) is 5.31. The molecule has 2 aromatic rings. The normalized spacial score (nSPS) is 27.7. The first-order valence-electron chi connectivity index (χ1n) is 6.74. The minimum Gasteiger partial charge on any atom is -0.348 e. The third-order valence-electron chi connectivity index (χ3n) is 4.21. The van der Waals surface area contributed by atoms with Gasteiger partial charge in [-0.2, -0.15) is 0 Å². The number of nitrogens with zero attached hydrogens (tertiary/aromatic N) is 2. The van der Waals surface area contributed by atoms with Crippen LogP contribution in [0.15, 0.2) is 24.3 Å². The van der Waals surface area contributed by atoms with Crippen LogP contribution in [0.5, 0.6) is 0 Å². The molecule has 2 aliphatic rings. The maximum atomic E-state index is 4.77. The van der Waals surface area contributed by atoms with Crippen LogP contribution in [0.3, 0.4) is 0 Å². The van der Waals surface area contributed by atoms with E-state index < -0.39 is 0 Å². The summed E-state index contributed by atoms with van der Waals surface area (Å²) in [4.78, 5) is 7.26. The molecular weight excluding hydrogens is 242 g/mol. The second-order valence-corrected chi connectivity index (χ2v) is 6.32. The van der Waals surface area contributed by atoms with Crippen LogP contribution in [-0.2, 0) is 0 Å². The molecule has 4 heteroatoms. The van der Waals surface area contributed by atoms with Gasteiger partial charge in [0, 0.05) is 19.1 Å². The zero-order chi connectivity index (χ0) is 11.9. The quantitative estimate of drug-likeness (QED) is 0.853. The van der Waals surface area contributed by atoms with E-state index in [4.69, 9.17) is 4.98 Å². The lowest BCUT2D eigenvalue weighted by Gasteiger charge is -2.34. The van der Waals surface area contributed by atoms with E-state index in [1.807, 2.05) is 11.3 Å². The fourth-order valence-electron chi connectivity index (χ4n) is 3.22. The fraction of sp³-hybridized carbons (Fsp3) is 0.500. The summed E-state index contributed by atoms with van der Waals surface area (Å²) in [6.07, 6.45) is 2.59. The van der Waals surface area contributed by atoms with Gasteiger partial charge in [-0.15, -0.1) is 0 Å². The van der Waals surface area contributed by atoms with Crippen LogP contribution >= 0.6 is 11.3 Å². The summed E-state index contributed by atoms with van der Waals surface area (Å²) in [5, 5.41) is 4.82. The van der Waals surface area contributed by atoms with E-state index in [1.165, 1.54) is 35.8 Å². The van der Waals surface area contributed by atoms with Crippen molar-refractivity contribution in [2.24, 2.45) is 5.92 Å². The molecule has 18 heavy (non-hydrogen) atoms. The topological polar surface area (TPSA) is 28.2 Å². The second-order valence-electron chi connectivity index (χ2n) is 5.31. The van der Waals surface area contributed by atoms with Gasteiger partial charge in [-0.3, -0.25) is 0 Å². The minimum absolute atomic E-state index is 0.760. The highest BCUT2D eigenvalue weighted by Gasteiger charge is 2.33. The van der Waals surface area contributed by atoms with E-state index >= 15 is 0 Å². The van der Waals surface area contributed by atoms with Gasteiger partial charge in [0.05, 0.1) is 10.2 Å². The lowest BCUT2D eigenvalue weighted by molar-refractivity contribution is 0.376. The molecule has 0 aliphatic carbocycles. The van der Waals surface area contributed by atoms with Crippen LogP contribution in [0, 0.1) is 5.92 Å². The first kappa shape index (κ1) is 10.8. The Hall–Kier alpha value is -1.13. The molecule has 1 N–H and O–H groups in total. The Kier molecular flexibility index (Phi) is 2.52. The molecule has 0 spiro atoms. The molecule has 3 nitrogen and oxygen atoms in total. The smallest absolute Gasteiger partial charge is 0.186 e. The van der Waals surface area contributed by atoms with E-state index in [0.29, 0.717) is 0 Å². The number of hydrogen-bond acceptors (Lipinski definition) is 4. The molecule has 0 bridgehead atoms. The predicted molar refractivity (Wildman–Crippen MR) is 76.3 cm³/mol. The highest BCUT2D eigenvalue weighted by molar-refractivity contribution is 7.22. The average Bonchev–Trinajstić information content (AvgIpc) is 3.04. The molecule has 0 saturated carbocycles.